The van der Waals surface area contributed by atoms with Gasteiger partial charge < -0.3 is 20.1 Å². The van der Waals surface area contributed by atoms with Crippen molar-refractivity contribution >= 4 is 12.0 Å². The van der Waals surface area contributed by atoms with Gasteiger partial charge in [-0.3, -0.25) is 4.79 Å². The lowest BCUT2D eigenvalue weighted by Gasteiger charge is -2.34. The first-order valence-electron chi connectivity index (χ1n) is 13.4. The van der Waals surface area contributed by atoms with Crippen LogP contribution in [0.3, 0.4) is 0 Å². The third-order valence-electron chi connectivity index (χ3n) is 7.46. The summed E-state index contributed by atoms with van der Waals surface area (Å²) in [4.78, 5) is 10.7. The number of aliphatic carboxylic acids is 1. The molecule has 5 heteroatoms. The van der Waals surface area contributed by atoms with Crippen LogP contribution in [0.5, 0.6) is 5.75 Å². The highest BCUT2D eigenvalue weighted by Gasteiger charge is 2.31. The second kappa shape index (κ2) is 13.3. The van der Waals surface area contributed by atoms with Gasteiger partial charge in [-0.15, -0.1) is 0 Å². The summed E-state index contributed by atoms with van der Waals surface area (Å²) in [7, 11) is 0. The van der Waals surface area contributed by atoms with Gasteiger partial charge in [-0.1, -0.05) is 77.1 Å². The van der Waals surface area contributed by atoms with E-state index >= 15 is 0 Å². The van der Waals surface area contributed by atoms with Crippen molar-refractivity contribution in [2.24, 2.45) is 5.41 Å². The van der Waals surface area contributed by atoms with Crippen LogP contribution in [-0.2, 0) is 10.2 Å². The number of carbonyl (C=O) groups is 1. The van der Waals surface area contributed by atoms with E-state index in [1.54, 1.807) is 0 Å². The fourth-order valence-corrected chi connectivity index (χ4v) is 4.74. The average molecular weight is 511 g/mol. The lowest BCUT2D eigenvalue weighted by Crippen LogP contribution is -2.26. The number of carboxylic acid groups (broad SMARTS) is 1. The van der Waals surface area contributed by atoms with Crippen LogP contribution in [0.1, 0.15) is 94.5 Å². The number of ether oxygens (including phenoxy) is 1. The summed E-state index contributed by atoms with van der Waals surface area (Å²) in [6.45, 7) is 14.8. The Morgan fingerprint density at radius 2 is 1.57 bits per heavy atom. The Balaban J connectivity index is 2.24. The van der Waals surface area contributed by atoms with E-state index in [0.717, 1.165) is 29.7 Å². The highest BCUT2D eigenvalue weighted by atomic mass is 16.5. The third kappa shape index (κ3) is 8.18. The van der Waals surface area contributed by atoms with Crippen molar-refractivity contribution in [1.82, 2.24) is 0 Å². The van der Waals surface area contributed by atoms with Crippen molar-refractivity contribution in [2.75, 3.05) is 6.61 Å². The van der Waals surface area contributed by atoms with Gasteiger partial charge in [0.15, 0.2) is 0 Å². The largest absolute Gasteiger partial charge is 0.491 e. The van der Waals surface area contributed by atoms with Crippen LogP contribution >= 0.6 is 0 Å². The Kier molecular flexibility index (Phi) is 11.0. The first-order valence-corrected chi connectivity index (χ1v) is 13.4. The maximum Gasteiger partial charge on any atom is 0.303 e. The number of aliphatic hydroxyl groups excluding tert-OH is 2. The number of rotatable bonds is 13. The Bertz CT molecular complexity index is 1060. The first kappa shape index (κ1) is 30.6. The molecule has 0 bridgehead atoms. The number of carboxylic acids is 1. The molecule has 2 aromatic rings. The van der Waals surface area contributed by atoms with Crippen LogP contribution in [0, 0.1) is 19.3 Å². The average Bonchev–Trinajstić information content (AvgIpc) is 2.83. The van der Waals surface area contributed by atoms with Crippen molar-refractivity contribution in [3.63, 3.8) is 0 Å². The van der Waals surface area contributed by atoms with Gasteiger partial charge in [0, 0.05) is 11.8 Å². The molecule has 5 nitrogen and oxygen atoms in total. The number of benzene rings is 2. The lowest BCUT2D eigenvalue weighted by molar-refractivity contribution is -0.137. The fourth-order valence-electron chi connectivity index (χ4n) is 4.74. The number of hydrogen-bond acceptors (Lipinski definition) is 4. The molecule has 0 aromatic heterocycles. The molecular weight excluding hydrogens is 464 g/mol. The van der Waals surface area contributed by atoms with Crippen LogP contribution in [0.25, 0.3) is 6.08 Å². The normalized spacial score (nSPS) is 14.1. The standard InChI is InChI=1S/C32H46O5/c1-8-32(9-2,25-15-13-24(22(3)19-25)14-18-29(34)31(5,6)7)26-16-17-28(23(4)20-26)37-21-27(33)11-10-12-30(35)36/h13-20,27,29,33-34H,8-12,21H2,1-7H3,(H,35,36)/t27-,29?/m1/s1. The Hall–Kier alpha value is -2.63. The summed E-state index contributed by atoms with van der Waals surface area (Å²) in [5.41, 5.74) is 5.45. The van der Waals surface area contributed by atoms with Gasteiger partial charge in [0.25, 0.3) is 0 Å². The summed E-state index contributed by atoms with van der Waals surface area (Å²) in [6.07, 6.45) is 5.47. The van der Waals surface area contributed by atoms with E-state index in [-0.39, 0.29) is 23.9 Å². The van der Waals surface area contributed by atoms with Crippen molar-refractivity contribution in [3.8, 4) is 5.75 Å². The number of aryl methyl sites for hydroxylation is 2. The highest BCUT2D eigenvalue weighted by molar-refractivity contribution is 5.66. The fraction of sp³-hybridized carbons (Fsp3) is 0.531. The molecule has 1 unspecified atom stereocenters. The highest BCUT2D eigenvalue weighted by Crippen LogP contribution is 2.41. The molecule has 37 heavy (non-hydrogen) atoms. The van der Waals surface area contributed by atoms with E-state index in [9.17, 15) is 15.0 Å². The molecule has 0 amide bonds. The summed E-state index contributed by atoms with van der Waals surface area (Å²) in [6, 6.07) is 12.9. The molecule has 3 N–H and O–H groups in total. The van der Waals surface area contributed by atoms with Crippen LogP contribution in [0.4, 0.5) is 0 Å². The zero-order valence-corrected chi connectivity index (χ0v) is 23.7. The van der Waals surface area contributed by atoms with E-state index in [1.807, 2.05) is 45.9 Å². The van der Waals surface area contributed by atoms with Crippen molar-refractivity contribution in [2.45, 2.75) is 98.2 Å². The SMILES string of the molecule is CCC(CC)(c1ccc(C=CC(O)C(C)(C)C)c(C)c1)c1ccc(OC[C@H](O)CCCC(=O)O)c(C)c1. The van der Waals surface area contributed by atoms with Crippen LogP contribution in [0.15, 0.2) is 42.5 Å². The smallest absolute Gasteiger partial charge is 0.303 e. The number of hydrogen-bond donors (Lipinski definition) is 3. The molecule has 0 saturated heterocycles. The van der Waals surface area contributed by atoms with Crippen molar-refractivity contribution < 1.29 is 24.9 Å². The maximum atomic E-state index is 10.7. The molecule has 0 spiro atoms. The van der Waals surface area contributed by atoms with E-state index in [0.29, 0.717) is 12.8 Å². The molecule has 0 saturated carbocycles. The Morgan fingerprint density at radius 3 is 2.08 bits per heavy atom. The van der Waals surface area contributed by atoms with Gasteiger partial charge in [-0.25, -0.2) is 0 Å². The van der Waals surface area contributed by atoms with Gasteiger partial charge in [-0.2, -0.15) is 0 Å². The molecule has 0 aliphatic rings. The minimum Gasteiger partial charge on any atom is -0.491 e. The van der Waals surface area contributed by atoms with Crippen LogP contribution in [0.2, 0.25) is 0 Å². The molecule has 0 radical (unpaired) electrons. The van der Waals surface area contributed by atoms with Gasteiger partial charge >= 0.3 is 5.97 Å². The van der Waals surface area contributed by atoms with Gasteiger partial charge in [0.2, 0.25) is 0 Å². The molecule has 0 heterocycles. The van der Waals surface area contributed by atoms with Gasteiger partial charge in [0.05, 0.1) is 12.2 Å². The second-order valence-corrected chi connectivity index (χ2v) is 11.3. The van der Waals surface area contributed by atoms with Crippen LogP contribution in [-0.4, -0.2) is 40.1 Å². The monoisotopic (exact) mass is 510 g/mol. The number of aliphatic hydroxyl groups is 2. The quantitative estimate of drug-likeness (QED) is 0.275. The molecule has 2 rings (SSSR count). The molecule has 0 aliphatic carbocycles. The maximum absolute atomic E-state index is 10.7. The zero-order chi connectivity index (χ0) is 27.8. The second-order valence-electron chi connectivity index (χ2n) is 11.3. The molecule has 0 aliphatic heterocycles. The predicted octanol–water partition coefficient (Wildman–Crippen LogP) is 6.82. The topological polar surface area (TPSA) is 87.0 Å². The Morgan fingerprint density at radius 1 is 0.973 bits per heavy atom. The van der Waals surface area contributed by atoms with Crippen LogP contribution < -0.4 is 4.74 Å². The minimum atomic E-state index is -0.851. The molecule has 0 fully saturated rings. The van der Waals surface area contributed by atoms with Gasteiger partial charge in [-0.05, 0) is 78.8 Å². The third-order valence-corrected chi connectivity index (χ3v) is 7.46. The lowest BCUT2D eigenvalue weighted by atomic mass is 9.70. The van der Waals surface area contributed by atoms with E-state index in [4.69, 9.17) is 9.84 Å². The Labute approximate surface area is 223 Å². The molecule has 2 aromatic carbocycles. The molecule has 204 valence electrons. The summed E-state index contributed by atoms with van der Waals surface area (Å²) < 4.78 is 5.88. The van der Waals surface area contributed by atoms with Gasteiger partial charge in [0.1, 0.15) is 12.4 Å². The molecular formula is C32H46O5. The summed E-state index contributed by atoms with van der Waals surface area (Å²) >= 11 is 0. The van der Waals surface area contributed by atoms with E-state index in [2.05, 4.69) is 51.1 Å². The van der Waals surface area contributed by atoms with Crippen molar-refractivity contribution in [3.05, 3.63) is 70.3 Å². The minimum absolute atomic E-state index is 0.0521. The summed E-state index contributed by atoms with van der Waals surface area (Å²) in [5.74, 6) is -0.119. The summed E-state index contributed by atoms with van der Waals surface area (Å²) in [5, 5.41) is 29.3. The van der Waals surface area contributed by atoms with E-state index < -0.39 is 18.2 Å². The first-order chi connectivity index (χ1) is 17.3. The molecule has 2 atom stereocenters. The zero-order valence-electron chi connectivity index (χ0n) is 23.7. The van der Waals surface area contributed by atoms with Crippen molar-refractivity contribution in [1.29, 1.82) is 0 Å². The predicted molar refractivity (Wildman–Crippen MR) is 151 cm³/mol. The van der Waals surface area contributed by atoms with E-state index in [1.165, 1.54) is 16.7 Å².